The molecule has 1 N–H and O–H groups in total. The van der Waals surface area contributed by atoms with Crippen molar-refractivity contribution in [1.82, 2.24) is 19.6 Å². The first-order valence-electron chi connectivity index (χ1n) is 6.65. The van der Waals surface area contributed by atoms with E-state index >= 15 is 0 Å². The van der Waals surface area contributed by atoms with Crippen molar-refractivity contribution in [2.24, 2.45) is 0 Å². The number of halogens is 2. The molecule has 1 aromatic carbocycles. The molecule has 0 saturated heterocycles. The van der Waals surface area contributed by atoms with Crippen molar-refractivity contribution in [3.63, 3.8) is 0 Å². The molecule has 0 fully saturated rings. The van der Waals surface area contributed by atoms with Crippen LogP contribution in [0.25, 0.3) is 28.0 Å². The van der Waals surface area contributed by atoms with Gasteiger partial charge in [-0.1, -0.05) is 11.6 Å². The van der Waals surface area contributed by atoms with E-state index in [1.807, 2.05) is 35.1 Å². The zero-order valence-electron chi connectivity index (χ0n) is 11.3. The molecule has 4 rings (SSSR count). The third kappa shape index (κ3) is 2.07. The minimum absolute atomic E-state index is 0.0801. The van der Waals surface area contributed by atoms with Crippen molar-refractivity contribution < 1.29 is 4.39 Å². The molecule has 0 aliphatic carbocycles. The summed E-state index contributed by atoms with van der Waals surface area (Å²) in [5.41, 5.74) is 4.25. The molecule has 0 saturated carbocycles. The van der Waals surface area contributed by atoms with Gasteiger partial charge < -0.3 is 4.40 Å². The first-order chi connectivity index (χ1) is 10.7. The molecule has 0 radical (unpaired) electrons. The number of aromatic amines is 1. The van der Waals surface area contributed by atoms with Gasteiger partial charge in [-0.15, -0.1) is 0 Å². The Balaban J connectivity index is 1.86. The van der Waals surface area contributed by atoms with Crippen molar-refractivity contribution in [2.75, 3.05) is 0 Å². The largest absolute Gasteiger partial charge is 0.306 e. The highest BCUT2D eigenvalue weighted by molar-refractivity contribution is 6.31. The standard InChI is InChI=1S/C16H10ClFN4/c17-13-7-10(1-3-14(13)18)16-12(8-20-21-16)11-2-4-15-19-5-6-22(15)9-11/h1-9H,(H,20,21). The summed E-state index contributed by atoms with van der Waals surface area (Å²) in [4.78, 5) is 4.22. The summed E-state index contributed by atoms with van der Waals surface area (Å²) in [5, 5.41) is 7.21. The minimum atomic E-state index is -0.442. The van der Waals surface area contributed by atoms with Crippen LogP contribution in [0.5, 0.6) is 0 Å². The molecule has 3 heterocycles. The van der Waals surface area contributed by atoms with Crippen molar-refractivity contribution >= 4 is 17.2 Å². The van der Waals surface area contributed by atoms with E-state index in [0.29, 0.717) is 0 Å². The summed E-state index contributed by atoms with van der Waals surface area (Å²) in [5.74, 6) is -0.442. The Morgan fingerprint density at radius 2 is 2.00 bits per heavy atom. The number of benzene rings is 1. The molecular weight excluding hydrogens is 303 g/mol. The van der Waals surface area contributed by atoms with Crippen LogP contribution in [0.2, 0.25) is 5.02 Å². The Morgan fingerprint density at radius 1 is 1.14 bits per heavy atom. The Hall–Kier alpha value is -2.66. The third-order valence-electron chi connectivity index (χ3n) is 3.53. The highest BCUT2D eigenvalue weighted by Gasteiger charge is 2.13. The lowest BCUT2D eigenvalue weighted by Crippen LogP contribution is -1.88. The molecule has 0 aliphatic rings. The topological polar surface area (TPSA) is 46.0 Å². The summed E-state index contributed by atoms with van der Waals surface area (Å²) in [7, 11) is 0. The lowest BCUT2D eigenvalue weighted by molar-refractivity contribution is 0.628. The molecule has 4 aromatic rings. The number of hydrogen-bond donors (Lipinski definition) is 1. The molecule has 0 bridgehead atoms. The van der Waals surface area contributed by atoms with Crippen molar-refractivity contribution in [1.29, 1.82) is 0 Å². The van der Waals surface area contributed by atoms with E-state index in [2.05, 4.69) is 15.2 Å². The number of fused-ring (bicyclic) bond motifs is 1. The van der Waals surface area contributed by atoms with Gasteiger partial charge in [0.05, 0.1) is 10.7 Å². The van der Waals surface area contributed by atoms with Gasteiger partial charge in [-0.05, 0) is 30.3 Å². The van der Waals surface area contributed by atoms with Crippen molar-refractivity contribution in [2.45, 2.75) is 0 Å². The molecule has 108 valence electrons. The number of aromatic nitrogens is 4. The van der Waals surface area contributed by atoms with Crippen LogP contribution in [0.1, 0.15) is 0 Å². The van der Waals surface area contributed by atoms with Crippen LogP contribution in [0.4, 0.5) is 4.39 Å². The van der Waals surface area contributed by atoms with Gasteiger partial charge in [0.2, 0.25) is 0 Å². The van der Waals surface area contributed by atoms with Crippen LogP contribution in [0, 0.1) is 5.82 Å². The quantitative estimate of drug-likeness (QED) is 0.603. The van der Waals surface area contributed by atoms with E-state index in [4.69, 9.17) is 11.6 Å². The Labute approximate surface area is 130 Å². The Bertz CT molecular complexity index is 973. The first kappa shape index (κ1) is 13.0. The van der Waals surface area contributed by atoms with E-state index in [9.17, 15) is 4.39 Å². The minimum Gasteiger partial charge on any atom is -0.306 e. The molecule has 0 unspecified atom stereocenters. The van der Waals surface area contributed by atoms with Gasteiger partial charge in [-0.3, -0.25) is 5.10 Å². The zero-order chi connectivity index (χ0) is 15.1. The molecular formula is C16H10ClFN4. The maximum absolute atomic E-state index is 13.3. The lowest BCUT2D eigenvalue weighted by atomic mass is 10.0. The zero-order valence-corrected chi connectivity index (χ0v) is 12.0. The van der Waals surface area contributed by atoms with Crippen LogP contribution in [-0.2, 0) is 0 Å². The monoisotopic (exact) mass is 312 g/mol. The molecule has 0 spiro atoms. The number of H-pyrrole nitrogens is 1. The second-order valence-electron chi connectivity index (χ2n) is 4.89. The predicted octanol–water partition coefficient (Wildman–Crippen LogP) is 4.18. The van der Waals surface area contributed by atoms with Gasteiger partial charge in [0.1, 0.15) is 11.5 Å². The fourth-order valence-corrected chi connectivity index (χ4v) is 2.63. The Kier molecular flexibility index (Phi) is 2.94. The number of imidazole rings is 1. The predicted molar refractivity (Wildman–Crippen MR) is 83.2 cm³/mol. The number of hydrogen-bond acceptors (Lipinski definition) is 2. The Morgan fingerprint density at radius 3 is 2.86 bits per heavy atom. The highest BCUT2D eigenvalue weighted by atomic mass is 35.5. The van der Waals surface area contributed by atoms with E-state index in [0.717, 1.165) is 28.0 Å². The fraction of sp³-hybridized carbons (Fsp3) is 0. The van der Waals surface area contributed by atoms with Crippen LogP contribution in [0.3, 0.4) is 0 Å². The second kappa shape index (κ2) is 4.96. The van der Waals surface area contributed by atoms with Crippen LogP contribution < -0.4 is 0 Å². The summed E-state index contributed by atoms with van der Waals surface area (Å²) in [6.07, 6.45) is 7.41. The number of rotatable bonds is 2. The molecule has 4 nitrogen and oxygen atoms in total. The van der Waals surface area contributed by atoms with Gasteiger partial charge >= 0.3 is 0 Å². The summed E-state index contributed by atoms with van der Waals surface area (Å²) >= 11 is 5.87. The summed E-state index contributed by atoms with van der Waals surface area (Å²) in [6, 6.07) is 8.49. The fourth-order valence-electron chi connectivity index (χ4n) is 2.45. The van der Waals surface area contributed by atoms with Crippen LogP contribution in [-0.4, -0.2) is 19.6 Å². The normalized spacial score (nSPS) is 11.2. The molecule has 0 atom stereocenters. The highest BCUT2D eigenvalue weighted by Crippen LogP contribution is 2.32. The molecule has 0 aliphatic heterocycles. The molecule has 0 amide bonds. The van der Waals surface area contributed by atoms with Crippen molar-refractivity contribution in [3.05, 3.63) is 66.0 Å². The average molecular weight is 313 g/mol. The van der Waals surface area contributed by atoms with Gasteiger partial charge in [0, 0.05) is 41.5 Å². The number of nitrogens with zero attached hydrogens (tertiary/aromatic N) is 3. The summed E-state index contributed by atoms with van der Waals surface area (Å²) in [6.45, 7) is 0. The first-order valence-corrected chi connectivity index (χ1v) is 7.02. The van der Waals surface area contributed by atoms with E-state index in [1.165, 1.54) is 6.07 Å². The van der Waals surface area contributed by atoms with Gasteiger partial charge in [0.25, 0.3) is 0 Å². The van der Waals surface area contributed by atoms with E-state index < -0.39 is 5.82 Å². The van der Waals surface area contributed by atoms with Gasteiger partial charge in [-0.25, -0.2) is 9.37 Å². The van der Waals surface area contributed by atoms with E-state index in [-0.39, 0.29) is 5.02 Å². The molecule has 22 heavy (non-hydrogen) atoms. The van der Waals surface area contributed by atoms with E-state index in [1.54, 1.807) is 18.3 Å². The summed E-state index contributed by atoms with van der Waals surface area (Å²) < 4.78 is 15.3. The molecule has 3 aromatic heterocycles. The maximum Gasteiger partial charge on any atom is 0.141 e. The lowest BCUT2D eigenvalue weighted by Gasteiger charge is -2.05. The SMILES string of the molecule is Fc1ccc(-c2n[nH]cc2-c2ccc3nccn3c2)cc1Cl. The number of pyridine rings is 1. The average Bonchev–Trinajstić information content (AvgIpc) is 3.17. The van der Waals surface area contributed by atoms with Crippen LogP contribution >= 0.6 is 11.6 Å². The molecule has 6 heteroatoms. The second-order valence-corrected chi connectivity index (χ2v) is 5.29. The van der Waals surface area contributed by atoms with Gasteiger partial charge in [-0.2, -0.15) is 5.10 Å². The number of nitrogens with one attached hydrogen (secondary N) is 1. The van der Waals surface area contributed by atoms with Crippen molar-refractivity contribution in [3.8, 4) is 22.4 Å². The maximum atomic E-state index is 13.3. The smallest absolute Gasteiger partial charge is 0.141 e. The van der Waals surface area contributed by atoms with Crippen LogP contribution in [0.15, 0.2) is 55.1 Å². The third-order valence-corrected chi connectivity index (χ3v) is 3.82. The van der Waals surface area contributed by atoms with Gasteiger partial charge in [0.15, 0.2) is 0 Å².